The number of halogens is 1. The first-order valence-corrected chi connectivity index (χ1v) is 8.33. The molecule has 3 aromatic rings. The fourth-order valence-electron chi connectivity index (χ4n) is 1.83. The molecule has 1 amide bonds. The molecule has 0 aliphatic heterocycles. The number of nitrogens with zero attached hydrogens (tertiary/aromatic N) is 1. The molecule has 20 heavy (non-hydrogen) atoms. The maximum absolute atomic E-state index is 12.2. The Bertz CT molecular complexity index is 767. The van der Waals surface area contributed by atoms with Crippen LogP contribution in [0.5, 0.6) is 0 Å². The second-order valence-electron chi connectivity index (χ2n) is 4.15. The number of benzene rings is 1. The van der Waals surface area contributed by atoms with Gasteiger partial charge in [-0.1, -0.05) is 15.9 Å². The van der Waals surface area contributed by atoms with E-state index in [4.69, 9.17) is 5.73 Å². The number of aromatic nitrogens is 1. The van der Waals surface area contributed by atoms with Crippen LogP contribution in [0.15, 0.2) is 33.6 Å². The molecule has 2 heterocycles. The molecular weight excluding hydrogens is 358 g/mol. The molecule has 0 fully saturated rings. The Hall–Kier alpha value is -1.44. The van der Waals surface area contributed by atoms with Crippen molar-refractivity contribution in [2.45, 2.75) is 6.54 Å². The minimum Gasteiger partial charge on any atom is -0.397 e. The van der Waals surface area contributed by atoms with Gasteiger partial charge in [-0.05, 0) is 18.2 Å². The van der Waals surface area contributed by atoms with Crippen LogP contribution >= 0.6 is 38.6 Å². The quantitative estimate of drug-likeness (QED) is 0.742. The van der Waals surface area contributed by atoms with Crippen molar-refractivity contribution in [3.05, 3.63) is 44.1 Å². The number of fused-ring (bicyclic) bond motifs is 1. The Kier molecular flexibility index (Phi) is 3.73. The first-order chi connectivity index (χ1) is 9.65. The standard InChI is InChI=1S/C13H10BrN3OS2/c14-7-1-2-10-9(3-7)11(15)12(20-10)13(18)16-4-8-5-19-6-17-8/h1-3,5-6H,4,15H2,(H,16,18). The fourth-order valence-corrected chi connectivity index (χ4v) is 3.77. The van der Waals surface area contributed by atoms with Gasteiger partial charge >= 0.3 is 0 Å². The van der Waals surface area contributed by atoms with Gasteiger partial charge in [0.25, 0.3) is 5.91 Å². The highest BCUT2D eigenvalue weighted by molar-refractivity contribution is 9.10. The van der Waals surface area contributed by atoms with Crippen molar-refractivity contribution >= 4 is 60.3 Å². The van der Waals surface area contributed by atoms with Crippen LogP contribution in [0.1, 0.15) is 15.4 Å². The normalized spacial score (nSPS) is 10.8. The summed E-state index contributed by atoms with van der Waals surface area (Å²) in [6, 6.07) is 5.82. The molecule has 1 aromatic carbocycles. The zero-order chi connectivity index (χ0) is 14.1. The van der Waals surface area contributed by atoms with E-state index in [2.05, 4.69) is 26.2 Å². The average molecular weight is 368 g/mol. The molecule has 0 radical (unpaired) electrons. The van der Waals surface area contributed by atoms with E-state index >= 15 is 0 Å². The molecule has 7 heteroatoms. The maximum atomic E-state index is 12.2. The van der Waals surface area contributed by atoms with Crippen LogP contribution in [0, 0.1) is 0 Å². The van der Waals surface area contributed by atoms with Gasteiger partial charge in [-0.3, -0.25) is 4.79 Å². The van der Waals surface area contributed by atoms with E-state index in [0.29, 0.717) is 17.1 Å². The number of thiazole rings is 1. The SMILES string of the molecule is Nc1c(C(=O)NCc2cscn2)sc2ccc(Br)cc12. The van der Waals surface area contributed by atoms with Gasteiger partial charge < -0.3 is 11.1 Å². The molecule has 0 saturated heterocycles. The van der Waals surface area contributed by atoms with Gasteiger partial charge in [-0.2, -0.15) is 0 Å². The Morgan fingerprint density at radius 2 is 2.30 bits per heavy atom. The Morgan fingerprint density at radius 3 is 3.05 bits per heavy atom. The number of hydrogen-bond acceptors (Lipinski definition) is 5. The number of thiophene rings is 1. The third-order valence-electron chi connectivity index (χ3n) is 2.81. The van der Waals surface area contributed by atoms with Crippen LogP contribution < -0.4 is 11.1 Å². The molecule has 102 valence electrons. The third kappa shape index (κ3) is 2.56. The summed E-state index contributed by atoms with van der Waals surface area (Å²) in [5.74, 6) is -0.159. The van der Waals surface area contributed by atoms with Crippen molar-refractivity contribution in [2.24, 2.45) is 0 Å². The van der Waals surface area contributed by atoms with E-state index < -0.39 is 0 Å². The van der Waals surface area contributed by atoms with Crippen molar-refractivity contribution in [1.29, 1.82) is 0 Å². The van der Waals surface area contributed by atoms with Gasteiger partial charge in [0, 0.05) is 19.9 Å². The van der Waals surface area contributed by atoms with Crippen LogP contribution in [0.25, 0.3) is 10.1 Å². The molecule has 4 nitrogen and oxygen atoms in total. The number of nitrogens with one attached hydrogen (secondary N) is 1. The molecule has 2 aromatic heterocycles. The van der Waals surface area contributed by atoms with E-state index in [1.807, 2.05) is 23.6 Å². The first kappa shape index (κ1) is 13.5. The molecule has 0 aliphatic rings. The van der Waals surface area contributed by atoms with Crippen molar-refractivity contribution in [3.63, 3.8) is 0 Å². The number of nitrogen functional groups attached to an aromatic ring is 1. The summed E-state index contributed by atoms with van der Waals surface area (Å²) in [6.07, 6.45) is 0. The number of anilines is 1. The smallest absolute Gasteiger partial charge is 0.263 e. The second kappa shape index (κ2) is 5.51. The van der Waals surface area contributed by atoms with Crippen LogP contribution in [0.4, 0.5) is 5.69 Å². The van der Waals surface area contributed by atoms with E-state index in [-0.39, 0.29) is 5.91 Å². The van der Waals surface area contributed by atoms with Gasteiger partial charge in [0.1, 0.15) is 4.88 Å². The lowest BCUT2D eigenvalue weighted by Crippen LogP contribution is -2.22. The lowest BCUT2D eigenvalue weighted by molar-refractivity contribution is 0.0955. The molecular formula is C13H10BrN3OS2. The zero-order valence-electron chi connectivity index (χ0n) is 10.2. The molecule has 0 bridgehead atoms. The Balaban J connectivity index is 1.86. The molecule has 0 atom stereocenters. The van der Waals surface area contributed by atoms with Crippen LogP contribution in [-0.4, -0.2) is 10.9 Å². The van der Waals surface area contributed by atoms with Crippen LogP contribution in [0.2, 0.25) is 0 Å². The number of amides is 1. The number of nitrogens with two attached hydrogens (primary N) is 1. The topological polar surface area (TPSA) is 68.0 Å². The Morgan fingerprint density at radius 1 is 1.45 bits per heavy atom. The van der Waals surface area contributed by atoms with Crippen molar-refractivity contribution < 1.29 is 4.79 Å². The van der Waals surface area contributed by atoms with Crippen molar-refractivity contribution in [3.8, 4) is 0 Å². The predicted octanol–water partition coefficient (Wildman–Crippen LogP) is 3.63. The molecule has 0 unspecified atom stereocenters. The zero-order valence-corrected chi connectivity index (χ0v) is 13.4. The highest BCUT2D eigenvalue weighted by Gasteiger charge is 2.16. The summed E-state index contributed by atoms with van der Waals surface area (Å²) in [4.78, 5) is 16.9. The van der Waals surface area contributed by atoms with E-state index in [1.54, 1.807) is 5.51 Å². The lowest BCUT2D eigenvalue weighted by Gasteiger charge is -2.02. The van der Waals surface area contributed by atoms with Crippen LogP contribution in [-0.2, 0) is 6.54 Å². The van der Waals surface area contributed by atoms with Gasteiger partial charge in [0.05, 0.1) is 23.4 Å². The summed E-state index contributed by atoms with van der Waals surface area (Å²) >= 11 is 6.32. The largest absolute Gasteiger partial charge is 0.397 e. The van der Waals surface area contributed by atoms with Crippen molar-refractivity contribution in [2.75, 3.05) is 5.73 Å². The third-order valence-corrected chi connectivity index (χ3v) is 5.12. The summed E-state index contributed by atoms with van der Waals surface area (Å²) < 4.78 is 1.95. The summed E-state index contributed by atoms with van der Waals surface area (Å²) in [5, 5.41) is 5.66. The number of rotatable bonds is 3. The van der Waals surface area contributed by atoms with E-state index in [9.17, 15) is 4.79 Å². The monoisotopic (exact) mass is 367 g/mol. The predicted molar refractivity (Wildman–Crippen MR) is 87.2 cm³/mol. The highest BCUT2D eigenvalue weighted by Crippen LogP contribution is 2.35. The maximum Gasteiger partial charge on any atom is 0.263 e. The molecule has 3 rings (SSSR count). The fraction of sp³-hybridized carbons (Fsp3) is 0.0769. The second-order valence-corrected chi connectivity index (χ2v) is 6.83. The lowest BCUT2D eigenvalue weighted by atomic mass is 10.2. The molecule has 0 saturated carbocycles. The highest BCUT2D eigenvalue weighted by atomic mass is 79.9. The van der Waals surface area contributed by atoms with Gasteiger partial charge in [0.2, 0.25) is 0 Å². The number of hydrogen-bond donors (Lipinski definition) is 2. The minimum absolute atomic E-state index is 0.159. The molecule has 0 spiro atoms. The van der Waals surface area contributed by atoms with Crippen molar-refractivity contribution in [1.82, 2.24) is 10.3 Å². The first-order valence-electron chi connectivity index (χ1n) is 5.78. The summed E-state index contributed by atoms with van der Waals surface area (Å²) in [5.41, 5.74) is 9.20. The molecule has 3 N–H and O–H groups in total. The number of carbonyl (C=O) groups excluding carboxylic acids is 1. The van der Waals surface area contributed by atoms with Gasteiger partial charge in [0.15, 0.2) is 0 Å². The summed E-state index contributed by atoms with van der Waals surface area (Å²) in [7, 11) is 0. The molecule has 0 aliphatic carbocycles. The van der Waals surface area contributed by atoms with Gasteiger partial charge in [-0.25, -0.2) is 4.98 Å². The van der Waals surface area contributed by atoms with E-state index in [1.165, 1.54) is 22.7 Å². The van der Waals surface area contributed by atoms with Crippen LogP contribution in [0.3, 0.4) is 0 Å². The minimum atomic E-state index is -0.159. The number of carbonyl (C=O) groups is 1. The van der Waals surface area contributed by atoms with Gasteiger partial charge in [-0.15, -0.1) is 22.7 Å². The Labute approximate surface area is 131 Å². The average Bonchev–Trinajstić information content (AvgIpc) is 3.05. The summed E-state index contributed by atoms with van der Waals surface area (Å²) in [6.45, 7) is 0.416. The van der Waals surface area contributed by atoms with E-state index in [0.717, 1.165) is 20.3 Å².